The lowest BCUT2D eigenvalue weighted by molar-refractivity contribution is 0.241. The number of ether oxygens (including phenoxy) is 1. The van der Waals surface area contributed by atoms with Gasteiger partial charge < -0.3 is 10.5 Å². The fourth-order valence-corrected chi connectivity index (χ4v) is 1.59. The van der Waals surface area contributed by atoms with Crippen LogP contribution in [-0.4, -0.2) is 6.61 Å². The number of nitrogens with two attached hydrogens (primary N) is 1. The number of halogens is 1. The molecule has 0 fully saturated rings. The van der Waals surface area contributed by atoms with Crippen LogP contribution in [0.25, 0.3) is 0 Å². The Morgan fingerprint density at radius 2 is 2.12 bits per heavy atom. The average Bonchev–Trinajstić information content (AvgIpc) is 2.22. The number of benzene rings is 1. The third-order valence-corrected chi connectivity index (χ3v) is 2.63. The van der Waals surface area contributed by atoms with Gasteiger partial charge in [-0.2, -0.15) is 0 Å². The number of anilines is 1. The van der Waals surface area contributed by atoms with E-state index in [2.05, 4.69) is 13.8 Å². The van der Waals surface area contributed by atoms with Gasteiger partial charge in [-0.05, 0) is 30.9 Å². The number of aryl methyl sites for hydroxylation is 1. The molecule has 1 rings (SSSR count). The summed E-state index contributed by atoms with van der Waals surface area (Å²) in [5.41, 5.74) is 6.91. The molecule has 16 heavy (non-hydrogen) atoms. The van der Waals surface area contributed by atoms with Crippen molar-refractivity contribution < 1.29 is 9.13 Å². The molecular formula is C13H20FNO. The Morgan fingerprint density at radius 3 is 2.75 bits per heavy atom. The normalized spacial score (nSPS) is 12.5. The molecule has 0 aliphatic heterocycles. The van der Waals surface area contributed by atoms with Crippen molar-refractivity contribution in [2.45, 2.75) is 33.6 Å². The van der Waals surface area contributed by atoms with Crippen LogP contribution in [0.4, 0.5) is 10.1 Å². The fraction of sp³-hybridized carbons (Fsp3) is 0.538. The van der Waals surface area contributed by atoms with Gasteiger partial charge in [0, 0.05) is 11.8 Å². The van der Waals surface area contributed by atoms with E-state index in [4.69, 9.17) is 10.5 Å². The van der Waals surface area contributed by atoms with E-state index in [0.717, 1.165) is 18.4 Å². The third kappa shape index (κ3) is 3.40. The Morgan fingerprint density at radius 1 is 1.44 bits per heavy atom. The molecule has 1 aromatic rings. The lowest BCUT2D eigenvalue weighted by Crippen LogP contribution is -2.09. The van der Waals surface area contributed by atoms with Gasteiger partial charge in [-0.3, -0.25) is 0 Å². The monoisotopic (exact) mass is 225 g/mol. The van der Waals surface area contributed by atoms with Gasteiger partial charge in [-0.1, -0.05) is 20.3 Å². The molecule has 2 N–H and O–H groups in total. The minimum atomic E-state index is -0.383. The summed E-state index contributed by atoms with van der Waals surface area (Å²) < 4.78 is 18.9. The van der Waals surface area contributed by atoms with E-state index >= 15 is 0 Å². The summed E-state index contributed by atoms with van der Waals surface area (Å²) in [6, 6.07) is 2.97. The lowest BCUT2D eigenvalue weighted by Gasteiger charge is -2.13. The molecule has 0 spiro atoms. The predicted octanol–water partition coefficient (Wildman–Crippen LogP) is 3.53. The van der Waals surface area contributed by atoms with E-state index in [9.17, 15) is 4.39 Å². The van der Waals surface area contributed by atoms with E-state index < -0.39 is 0 Å². The highest BCUT2D eigenvalue weighted by molar-refractivity contribution is 5.50. The summed E-state index contributed by atoms with van der Waals surface area (Å²) in [4.78, 5) is 0. The lowest BCUT2D eigenvalue weighted by atomic mass is 10.1. The Balaban J connectivity index is 2.63. The second kappa shape index (κ2) is 5.73. The highest BCUT2D eigenvalue weighted by Gasteiger charge is 2.08. The smallest absolute Gasteiger partial charge is 0.167 e. The summed E-state index contributed by atoms with van der Waals surface area (Å²) in [6.45, 7) is 6.63. The second-order valence-corrected chi connectivity index (χ2v) is 4.34. The molecule has 3 heteroatoms. The fourth-order valence-electron chi connectivity index (χ4n) is 1.59. The van der Waals surface area contributed by atoms with Gasteiger partial charge >= 0.3 is 0 Å². The molecule has 90 valence electrons. The maximum Gasteiger partial charge on any atom is 0.167 e. The maximum absolute atomic E-state index is 13.5. The number of rotatable bonds is 5. The van der Waals surface area contributed by atoms with E-state index in [1.54, 1.807) is 6.07 Å². The Labute approximate surface area is 96.6 Å². The van der Waals surface area contributed by atoms with Crippen LogP contribution < -0.4 is 10.5 Å². The molecule has 2 nitrogen and oxygen atoms in total. The SMILES string of the molecule is CCCC(C)COc1cc(C)c(N)cc1F. The van der Waals surface area contributed by atoms with Crippen LogP contribution in [0.1, 0.15) is 32.3 Å². The van der Waals surface area contributed by atoms with Gasteiger partial charge in [0.15, 0.2) is 11.6 Å². The summed E-state index contributed by atoms with van der Waals surface area (Å²) in [7, 11) is 0. The first-order valence-corrected chi connectivity index (χ1v) is 5.73. The van der Waals surface area contributed by atoms with E-state index in [-0.39, 0.29) is 5.82 Å². The Bertz CT molecular complexity index is 352. The van der Waals surface area contributed by atoms with Gasteiger partial charge in [0.2, 0.25) is 0 Å². The zero-order valence-corrected chi connectivity index (χ0v) is 10.2. The van der Waals surface area contributed by atoms with E-state index in [0.29, 0.717) is 24.0 Å². The molecule has 0 aliphatic rings. The van der Waals surface area contributed by atoms with Crippen LogP contribution >= 0.6 is 0 Å². The van der Waals surface area contributed by atoms with Gasteiger partial charge in [0.25, 0.3) is 0 Å². The summed E-state index contributed by atoms with van der Waals surface area (Å²) in [5.74, 6) is 0.365. The molecule has 0 amide bonds. The van der Waals surface area contributed by atoms with Crippen LogP contribution in [0, 0.1) is 18.7 Å². The van der Waals surface area contributed by atoms with Crippen LogP contribution in [0.3, 0.4) is 0 Å². The van der Waals surface area contributed by atoms with Crippen molar-refractivity contribution in [1.82, 2.24) is 0 Å². The Kier molecular flexibility index (Phi) is 4.59. The molecule has 0 saturated heterocycles. The van der Waals surface area contributed by atoms with Crippen LogP contribution in [-0.2, 0) is 0 Å². The van der Waals surface area contributed by atoms with Crippen molar-refractivity contribution in [3.8, 4) is 5.75 Å². The molecule has 0 heterocycles. The molecule has 1 unspecified atom stereocenters. The van der Waals surface area contributed by atoms with Gasteiger partial charge in [-0.25, -0.2) is 4.39 Å². The minimum Gasteiger partial charge on any atom is -0.490 e. The predicted molar refractivity (Wildman–Crippen MR) is 65.1 cm³/mol. The molecule has 1 aromatic carbocycles. The highest BCUT2D eigenvalue weighted by atomic mass is 19.1. The van der Waals surface area contributed by atoms with Crippen molar-refractivity contribution in [3.63, 3.8) is 0 Å². The van der Waals surface area contributed by atoms with Gasteiger partial charge in [0.1, 0.15) is 0 Å². The van der Waals surface area contributed by atoms with E-state index in [1.165, 1.54) is 6.07 Å². The quantitative estimate of drug-likeness (QED) is 0.778. The zero-order valence-electron chi connectivity index (χ0n) is 10.2. The van der Waals surface area contributed by atoms with Crippen molar-refractivity contribution in [1.29, 1.82) is 0 Å². The highest BCUT2D eigenvalue weighted by Crippen LogP contribution is 2.24. The van der Waals surface area contributed by atoms with Crippen LogP contribution in [0.15, 0.2) is 12.1 Å². The molecule has 0 bridgehead atoms. The number of nitrogen functional groups attached to an aromatic ring is 1. The van der Waals surface area contributed by atoms with Gasteiger partial charge in [0.05, 0.1) is 6.61 Å². The molecular weight excluding hydrogens is 205 g/mol. The van der Waals surface area contributed by atoms with Crippen molar-refractivity contribution in [2.24, 2.45) is 5.92 Å². The summed E-state index contributed by atoms with van der Waals surface area (Å²) in [5, 5.41) is 0. The van der Waals surface area contributed by atoms with Crippen LogP contribution in [0.2, 0.25) is 0 Å². The third-order valence-electron chi connectivity index (χ3n) is 2.63. The van der Waals surface area contributed by atoms with Crippen molar-refractivity contribution in [2.75, 3.05) is 12.3 Å². The summed E-state index contributed by atoms with van der Waals surface area (Å²) in [6.07, 6.45) is 2.21. The minimum absolute atomic E-state index is 0.301. The topological polar surface area (TPSA) is 35.2 Å². The van der Waals surface area contributed by atoms with Crippen molar-refractivity contribution >= 4 is 5.69 Å². The van der Waals surface area contributed by atoms with Crippen LogP contribution in [0.5, 0.6) is 5.75 Å². The second-order valence-electron chi connectivity index (χ2n) is 4.34. The van der Waals surface area contributed by atoms with Gasteiger partial charge in [-0.15, -0.1) is 0 Å². The maximum atomic E-state index is 13.5. The first-order valence-electron chi connectivity index (χ1n) is 5.73. The summed E-state index contributed by atoms with van der Waals surface area (Å²) >= 11 is 0. The zero-order chi connectivity index (χ0) is 12.1. The first kappa shape index (κ1) is 12.8. The Hall–Kier alpha value is -1.25. The first-order chi connectivity index (χ1) is 7.54. The molecule has 1 atom stereocenters. The molecule has 0 aromatic heterocycles. The largest absolute Gasteiger partial charge is 0.490 e. The standard InChI is InChI=1S/C13H20FNO/c1-4-5-9(2)8-16-13-6-10(3)12(15)7-11(13)14/h6-7,9H,4-5,8,15H2,1-3H3. The number of hydrogen-bond donors (Lipinski definition) is 1. The molecule has 0 aliphatic carbocycles. The van der Waals surface area contributed by atoms with E-state index in [1.807, 2.05) is 6.92 Å². The van der Waals surface area contributed by atoms with Crippen molar-refractivity contribution in [3.05, 3.63) is 23.5 Å². The average molecular weight is 225 g/mol. The molecule has 0 saturated carbocycles. The molecule has 0 radical (unpaired) electrons. The number of hydrogen-bond acceptors (Lipinski definition) is 2.